The topological polar surface area (TPSA) is 78.7 Å². The van der Waals surface area contributed by atoms with Crippen LogP contribution >= 0.6 is 0 Å². The van der Waals surface area contributed by atoms with Gasteiger partial charge in [-0.25, -0.2) is 9.97 Å². The van der Waals surface area contributed by atoms with Gasteiger partial charge >= 0.3 is 0 Å². The highest BCUT2D eigenvalue weighted by Gasteiger charge is 2.19. The summed E-state index contributed by atoms with van der Waals surface area (Å²) in [6.45, 7) is 6.51. The number of hydrogen-bond donors (Lipinski definition) is 1. The van der Waals surface area contributed by atoms with E-state index >= 15 is 0 Å². The quantitative estimate of drug-likeness (QED) is 0.852. The van der Waals surface area contributed by atoms with Crippen LogP contribution in [0.25, 0.3) is 0 Å². The number of carbonyl (C=O) groups is 1. The average molecular weight is 232 g/mol. The minimum absolute atomic E-state index is 0.0990. The number of rotatable bonds is 3. The Balaban J connectivity index is 2.79. The zero-order valence-electron chi connectivity index (χ0n) is 10.3. The van der Waals surface area contributed by atoms with Crippen molar-refractivity contribution in [3.63, 3.8) is 0 Å². The van der Waals surface area contributed by atoms with Gasteiger partial charge in [0.15, 0.2) is 0 Å². The van der Waals surface area contributed by atoms with Crippen molar-refractivity contribution < 1.29 is 4.79 Å². The van der Waals surface area contributed by atoms with Crippen LogP contribution in [0.5, 0.6) is 0 Å². The van der Waals surface area contributed by atoms with Crippen LogP contribution < -0.4 is 5.32 Å². The molecule has 1 aromatic heterocycles. The number of nitrogens with one attached hydrogen (secondary N) is 1. The highest BCUT2D eigenvalue weighted by Crippen LogP contribution is 2.22. The van der Waals surface area contributed by atoms with E-state index in [1.54, 1.807) is 12.3 Å². The lowest BCUT2D eigenvalue weighted by Crippen LogP contribution is -2.25. The van der Waals surface area contributed by atoms with E-state index in [2.05, 4.69) is 36.1 Å². The summed E-state index contributed by atoms with van der Waals surface area (Å²) < 4.78 is 0. The Kier molecular flexibility index (Phi) is 4.16. The predicted octanol–water partition coefficient (Wildman–Crippen LogP) is 1.30. The fourth-order valence-electron chi connectivity index (χ4n) is 1.49. The maximum Gasteiger partial charge on any atom is 0.234 e. The Morgan fingerprint density at radius 3 is 2.82 bits per heavy atom. The second-order valence-electron chi connectivity index (χ2n) is 4.76. The summed E-state index contributed by atoms with van der Waals surface area (Å²) in [5.41, 5.74) is 1.69. The van der Waals surface area contributed by atoms with Crippen LogP contribution in [-0.4, -0.2) is 15.9 Å². The SMILES string of the molecule is CC(C)(C)c1ncncc1CNC(=O)CC#N. The number of nitrogens with zero attached hydrogens (tertiary/aromatic N) is 3. The van der Waals surface area contributed by atoms with Crippen LogP contribution in [0.2, 0.25) is 0 Å². The first-order valence-corrected chi connectivity index (χ1v) is 5.38. The van der Waals surface area contributed by atoms with Crippen LogP contribution in [-0.2, 0) is 16.8 Å². The summed E-state index contributed by atoms with van der Waals surface area (Å²) in [5.74, 6) is -0.281. The molecule has 1 N–H and O–H groups in total. The van der Waals surface area contributed by atoms with Crippen molar-refractivity contribution in [3.05, 3.63) is 23.8 Å². The summed E-state index contributed by atoms with van der Waals surface area (Å²) in [6.07, 6.45) is 3.07. The van der Waals surface area contributed by atoms with Gasteiger partial charge in [-0.3, -0.25) is 4.79 Å². The van der Waals surface area contributed by atoms with Gasteiger partial charge in [0.05, 0.1) is 11.8 Å². The van der Waals surface area contributed by atoms with Gasteiger partial charge in [0, 0.05) is 23.7 Å². The van der Waals surface area contributed by atoms with E-state index in [1.807, 2.05) is 0 Å². The summed E-state index contributed by atoms with van der Waals surface area (Å²) in [7, 11) is 0. The van der Waals surface area contributed by atoms with Gasteiger partial charge in [0.1, 0.15) is 12.7 Å². The Labute approximate surface area is 101 Å². The zero-order valence-corrected chi connectivity index (χ0v) is 10.3. The van der Waals surface area contributed by atoms with E-state index < -0.39 is 0 Å². The Morgan fingerprint density at radius 2 is 2.24 bits per heavy atom. The van der Waals surface area contributed by atoms with Crippen molar-refractivity contribution in [1.29, 1.82) is 5.26 Å². The standard InChI is InChI=1S/C12H16N4O/c1-12(2,3)11-9(6-14-8-16-11)7-15-10(17)4-5-13/h6,8H,4,7H2,1-3H3,(H,15,17). The molecule has 0 aliphatic carbocycles. The normalized spacial score (nSPS) is 10.7. The molecule has 0 radical (unpaired) electrons. The van der Waals surface area contributed by atoms with E-state index in [-0.39, 0.29) is 17.7 Å². The third kappa shape index (κ3) is 3.83. The minimum Gasteiger partial charge on any atom is -0.351 e. The highest BCUT2D eigenvalue weighted by atomic mass is 16.1. The fourth-order valence-corrected chi connectivity index (χ4v) is 1.49. The molecular formula is C12H16N4O. The van der Waals surface area contributed by atoms with Crippen LogP contribution in [0.15, 0.2) is 12.5 Å². The molecule has 0 aliphatic rings. The number of carbonyl (C=O) groups excluding carboxylic acids is 1. The first-order valence-electron chi connectivity index (χ1n) is 5.38. The number of nitriles is 1. The Bertz CT molecular complexity index is 443. The summed E-state index contributed by atoms with van der Waals surface area (Å²) in [5, 5.41) is 11.1. The molecule has 5 heteroatoms. The van der Waals surface area contributed by atoms with Gasteiger partial charge in [0.2, 0.25) is 5.91 Å². The molecule has 0 atom stereocenters. The lowest BCUT2D eigenvalue weighted by atomic mass is 9.89. The van der Waals surface area contributed by atoms with Crippen molar-refractivity contribution >= 4 is 5.91 Å². The molecule has 0 aromatic carbocycles. The van der Waals surface area contributed by atoms with Crippen molar-refractivity contribution in [2.75, 3.05) is 0 Å². The average Bonchev–Trinajstić information content (AvgIpc) is 2.26. The van der Waals surface area contributed by atoms with Crippen molar-refractivity contribution in [2.24, 2.45) is 0 Å². The van der Waals surface area contributed by atoms with E-state index in [0.717, 1.165) is 11.3 Å². The molecule has 1 rings (SSSR count). The lowest BCUT2D eigenvalue weighted by molar-refractivity contribution is -0.120. The summed E-state index contributed by atoms with van der Waals surface area (Å²) in [6, 6.07) is 1.81. The highest BCUT2D eigenvalue weighted by molar-refractivity contribution is 5.77. The Morgan fingerprint density at radius 1 is 1.53 bits per heavy atom. The van der Waals surface area contributed by atoms with Crippen molar-refractivity contribution in [1.82, 2.24) is 15.3 Å². The lowest BCUT2D eigenvalue weighted by Gasteiger charge is -2.20. The molecule has 0 aliphatic heterocycles. The number of amides is 1. The van der Waals surface area contributed by atoms with E-state index in [9.17, 15) is 4.79 Å². The first kappa shape index (κ1) is 13.1. The number of aromatic nitrogens is 2. The first-order chi connectivity index (χ1) is 7.95. The molecule has 1 heterocycles. The van der Waals surface area contributed by atoms with Crippen LogP contribution in [0.4, 0.5) is 0 Å². The third-order valence-corrected chi connectivity index (χ3v) is 2.21. The van der Waals surface area contributed by atoms with Crippen LogP contribution in [0.1, 0.15) is 38.4 Å². The summed E-state index contributed by atoms with van der Waals surface area (Å²) >= 11 is 0. The van der Waals surface area contributed by atoms with Gasteiger partial charge in [-0.2, -0.15) is 5.26 Å². The van der Waals surface area contributed by atoms with Gasteiger partial charge in [-0.15, -0.1) is 0 Å². The molecule has 0 bridgehead atoms. The number of hydrogen-bond acceptors (Lipinski definition) is 4. The molecule has 0 saturated carbocycles. The summed E-state index contributed by atoms with van der Waals surface area (Å²) in [4.78, 5) is 19.4. The van der Waals surface area contributed by atoms with E-state index in [1.165, 1.54) is 6.33 Å². The third-order valence-electron chi connectivity index (χ3n) is 2.21. The van der Waals surface area contributed by atoms with Crippen LogP contribution in [0.3, 0.4) is 0 Å². The van der Waals surface area contributed by atoms with Gasteiger partial charge in [-0.1, -0.05) is 20.8 Å². The van der Waals surface area contributed by atoms with Crippen molar-refractivity contribution in [2.45, 2.75) is 39.2 Å². The molecule has 0 saturated heterocycles. The van der Waals surface area contributed by atoms with E-state index in [4.69, 9.17) is 5.26 Å². The van der Waals surface area contributed by atoms with Gasteiger partial charge in [0.25, 0.3) is 0 Å². The van der Waals surface area contributed by atoms with Crippen LogP contribution in [0, 0.1) is 11.3 Å². The molecule has 0 fully saturated rings. The predicted molar refractivity (Wildman–Crippen MR) is 62.8 cm³/mol. The van der Waals surface area contributed by atoms with E-state index in [0.29, 0.717) is 6.54 Å². The van der Waals surface area contributed by atoms with Gasteiger partial charge in [-0.05, 0) is 0 Å². The maximum absolute atomic E-state index is 11.2. The molecule has 1 aromatic rings. The molecule has 0 unspecified atom stereocenters. The Hall–Kier alpha value is -1.96. The molecule has 17 heavy (non-hydrogen) atoms. The smallest absolute Gasteiger partial charge is 0.234 e. The fraction of sp³-hybridized carbons (Fsp3) is 0.500. The molecular weight excluding hydrogens is 216 g/mol. The molecule has 0 spiro atoms. The van der Waals surface area contributed by atoms with Crippen molar-refractivity contribution in [3.8, 4) is 6.07 Å². The minimum atomic E-state index is -0.281. The monoisotopic (exact) mass is 232 g/mol. The molecule has 90 valence electrons. The van der Waals surface area contributed by atoms with Gasteiger partial charge < -0.3 is 5.32 Å². The largest absolute Gasteiger partial charge is 0.351 e. The zero-order chi connectivity index (χ0) is 12.9. The second kappa shape index (κ2) is 5.39. The maximum atomic E-state index is 11.2. The second-order valence-corrected chi connectivity index (χ2v) is 4.76. The molecule has 5 nitrogen and oxygen atoms in total. The molecule has 1 amide bonds.